The summed E-state index contributed by atoms with van der Waals surface area (Å²) in [6, 6.07) is 10.2. The molecule has 2 N–H and O–H groups in total. The van der Waals surface area contributed by atoms with E-state index in [1.54, 1.807) is 18.2 Å². The molecule has 0 radical (unpaired) electrons. The Morgan fingerprint density at radius 1 is 1.17 bits per heavy atom. The third kappa shape index (κ3) is 5.52. The molecular formula is C27H21ClF4N6O4. The number of amides is 1. The fourth-order valence-corrected chi connectivity index (χ4v) is 4.63. The second kappa shape index (κ2) is 11.2. The van der Waals surface area contributed by atoms with Crippen LogP contribution in [0.4, 0.5) is 23.2 Å². The lowest BCUT2D eigenvalue weighted by molar-refractivity contribution is -0.137. The first-order chi connectivity index (χ1) is 20.0. The van der Waals surface area contributed by atoms with E-state index in [1.165, 1.54) is 32.6 Å². The Kier molecular flexibility index (Phi) is 7.65. The van der Waals surface area contributed by atoms with Gasteiger partial charge in [0.05, 0.1) is 34.4 Å². The number of rotatable bonds is 8. The monoisotopic (exact) mass is 604 g/mol. The number of nitrogens with zero attached hydrogens (tertiary/aromatic N) is 4. The smallest absolute Gasteiger partial charge is 0.416 e. The van der Waals surface area contributed by atoms with E-state index in [0.717, 1.165) is 27.3 Å². The number of carbonyl (C=O) groups is 1. The van der Waals surface area contributed by atoms with Crippen LogP contribution in [-0.4, -0.2) is 37.3 Å². The summed E-state index contributed by atoms with van der Waals surface area (Å²) in [6.45, 7) is -0.803. The van der Waals surface area contributed by atoms with Crippen LogP contribution in [-0.2, 0) is 31.2 Å². The predicted octanol–water partition coefficient (Wildman–Crippen LogP) is 5.16. The number of halogens is 5. The number of para-hydroxylation sites is 1. The minimum atomic E-state index is -4.83. The van der Waals surface area contributed by atoms with Gasteiger partial charge in [0.1, 0.15) is 19.5 Å². The number of hydrogen-bond donors (Lipinski definition) is 2. The third-order valence-electron chi connectivity index (χ3n) is 6.37. The normalized spacial score (nSPS) is 11.6. The maximum absolute atomic E-state index is 15.3. The fourth-order valence-electron chi connectivity index (χ4n) is 4.45. The summed E-state index contributed by atoms with van der Waals surface area (Å²) in [5.41, 5.74) is -1.91. The predicted molar refractivity (Wildman–Crippen MR) is 145 cm³/mol. The van der Waals surface area contributed by atoms with Crippen LogP contribution in [0.1, 0.15) is 11.4 Å². The van der Waals surface area contributed by atoms with Gasteiger partial charge in [-0.2, -0.15) is 13.2 Å². The molecule has 0 atom stereocenters. The van der Waals surface area contributed by atoms with Crippen molar-refractivity contribution in [1.29, 1.82) is 0 Å². The number of imidazole rings is 1. The van der Waals surface area contributed by atoms with Crippen molar-refractivity contribution < 1.29 is 31.8 Å². The van der Waals surface area contributed by atoms with Gasteiger partial charge in [0.2, 0.25) is 5.91 Å². The zero-order chi connectivity index (χ0) is 30.2. The zero-order valence-corrected chi connectivity index (χ0v) is 22.7. The number of H-pyrrole nitrogens is 1. The maximum atomic E-state index is 15.3. The Morgan fingerprint density at radius 2 is 1.93 bits per heavy atom. The van der Waals surface area contributed by atoms with Gasteiger partial charge >= 0.3 is 11.9 Å². The SMILES string of the molecule is COc1cc(-c2cc(C(F)(F)F)cc3c2n(C)c(=O)n3CC(=O)Nc2ccccc2Cl)cc(F)c1OCc1nnc[nH]1. The van der Waals surface area contributed by atoms with Crippen LogP contribution in [0.15, 0.2) is 59.7 Å². The number of aromatic nitrogens is 5. The number of nitrogens with one attached hydrogen (secondary N) is 2. The molecule has 5 aromatic rings. The molecule has 0 spiro atoms. The number of carbonyl (C=O) groups excluding carboxylic acids is 1. The highest BCUT2D eigenvalue weighted by molar-refractivity contribution is 6.33. The molecule has 42 heavy (non-hydrogen) atoms. The number of aromatic amines is 1. The van der Waals surface area contributed by atoms with Crippen molar-refractivity contribution >= 4 is 34.2 Å². The van der Waals surface area contributed by atoms with Crippen molar-refractivity contribution in [3.8, 4) is 22.6 Å². The molecule has 0 bridgehead atoms. The van der Waals surface area contributed by atoms with Crippen LogP contribution >= 0.6 is 11.6 Å². The average molecular weight is 605 g/mol. The van der Waals surface area contributed by atoms with E-state index in [0.29, 0.717) is 5.82 Å². The molecule has 5 rings (SSSR count). The molecule has 10 nitrogen and oxygen atoms in total. The van der Waals surface area contributed by atoms with Gasteiger partial charge in [0.25, 0.3) is 0 Å². The van der Waals surface area contributed by atoms with Crippen molar-refractivity contribution in [3.63, 3.8) is 0 Å². The van der Waals surface area contributed by atoms with Crippen molar-refractivity contribution in [1.82, 2.24) is 24.3 Å². The lowest BCUT2D eigenvalue weighted by Gasteiger charge is -2.15. The topological polar surface area (TPSA) is 116 Å². The molecule has 0 aliphatic heterocycles. The van der Waals surface area contributed by atoms with Crippen LogP contribution in [0.25, 0.3) is 22.2 Å². The van der Waals surface area contributed by atoms with Crippen LogP contribution in [0.2, 0.25) is 5.02 Å². The first-order valence-electron chi connectivity index (χ1n) is 12.2. The molecule has 3 aromatic carbocycles. The van der Waals surface area contributed by atoms with Gasteiger partial charge in [-0.1, -0.05) is 23.7 Å². The molecule has 1 amide bonds. The molecule has 0 saturated heterocycles. The van der Waals surface area contributed by atoms with E-state index in [9.17, 15) is 22.8 Å². The van der Waals surface area contributed by atoms with E-state index in [-0.39, 0.29) is 51.0 Å². The highest BCUT2D eigenvalue weighted by Gasteiger charge is 2.33. The van der Waals surface area contributed by atoms with Gasteiger partial charge in [-0.3, -0.25) is 13.9 Å². The summed E-state index contributed by atoms with van der Waals surface area (Å²) >= 11 is 6.09. The lowest BCUT2D eigenvalue weighted by atomic mass is 9.99. The molecule has 15 heteroatoms. The van der Waals surface area contributed by atoms with E-state index in [1.807, 2.05) is 0 Å². The van der Waals surface area contributed by atoms with Gasteiger partial charge in [-0.05, 0) is 42.0 Å². The summed E-state index contributed by atoms with van der Waals surface area (Å²) in [7, 11) is 2.58. The molecule has 0 saturated carbocycles. The fraction of sp³-hybridized carbons (Fsp3) is 0.185. The van der Waals surface area contributed by atoms with Crippen molar-refractivity contribution in [2.75, 3.05) is 12.4 Å². The molecule has 0 aliphatic rings. The highest BCUT2D eigenvalue weighted by Crippen LogP contribution is 2.41. The van der Waals surface area contributed by atoms with Crippen LogP contribution in [0.5, 0.6) is 11.5 Å². The van der Waals surface area contributed by atoms with Crippen molar-refractivity contribution in [2.45, 2.75) is 19.3 Å². The molecule has 2 aromatic heterocycles. The number of methoxy groups -OCH3 is 1. The first kappa shape index (κ1) is 28.7. The van der Waals surface area contributed by atoms with E-state index < -0.39 is 35.7 Å². The zero-order valence-electron chi connectivity index (χ0n) is 21.9. The Bertz CT molecular complexity index is 1850. The van der Waals surface area contributed by atoms with Gasteiger partial charge < -0.3 is 19.8 Å². The number of fused-ring (bicyclic) bond motifs is 1. The quantitative estimate of drug-likeness (QED) is 0.236. The van der Waals surface area contributed by atoms with Gasteiger partial charge in [-0.25, -0.2) is 9.18 Å². The summed E-state index contributed by atoms with van der Waals surface area (Å²) in [6.07, 6.45) is -3.52. The van der Waals surface area contributed by atoms with E-state index in [2.05, 4.69) is 20.5 Å². The Hall–Kier alpha value is -4.85. The third-order valence-corrected chi connectivity index (χ3v) is 6.70. The highest BCUT2D eigenvalue weighted by atomic mass is 35.5. The lowest BCUT2D eigenvalue weighted by Crippen LogP contribution is -2.28. The number of alkyl halides is 3. The van der Waals surface area contributed by atoms with E-state index in [4.69, 9.17) is 21.1 Å². The Labute approximate surface area is 239 Å². The first-order valence-corrected chi connectivity index (χ1v) is 12.6. The molecule has 218 valence electrons. The molecule has 0 aliphatic carbocycles. The largest absolute Gasteiger partial charge is 0.493 e. The standard InChI is InChI=1S/C27H21ClF4N6O4/c1-37-24-16(14-7-18(29)25(21(8-14)41-2)42-12-22-33-13-34-36-22)9-15(27(30,31)32)10-20(24)38(26(37)40)11-23(39)35-19-6-4-3-5-17(19)28/h3-10,13H,11-12H2,1-2H3,(H,35,39)(H,33,34,36). The summed E-state index contributed by atoms with van der Waals surface area (Å²) in [5.74, 6) is -1.74. The van der Waals surface area contributed by atoms with Crippen LogP contribution in [0, 0.1) is 5.82 Å². The van der Waals surface area contributed by atoms with Crippen molar-refractivity contribution in [2.24, 2.45) is 7.05 Å². The molecule has 0 unspecified atom stereocenters. The van der Waals surface area contributed by atoms with Crippen LogP contribution in [0.3, 0.4) is 0 Å². The Morgan fingerprint density at radius 3 is 2.60 bits per heavy atom. The van der Waals surface area contributed by atoms with E-state index >= 15 is 4.39 Å². The number of anilines is 1. The van der Waals surface area contributed by atoms with Gasteiger partial charge in [0.15, 0.2) is 23.1 Å². The van der Waals surface area contributed by atoms with Gasteiger partial charge in [-0.15, -0.1) is 10.2 Å². The minimum absolute atomic E-state index is 0.0271. The molecular weight excluding hydrogens is 584 g/mol. The molecule has 0 fully saturated rings. The van der Waals surface area contributed by atoms with Gasteiger partial charge in [0, 0.05) is 12.6 Å². The second-order valence-corrected chi connectivity index (χ2v) is 9.47. The van der Waals surface area contributed by atoms with Crippen molar-refractivity contribution in [3.05, 3.63) is 87.6 Å². The maximum Gasteiger partial charge on any atom is 0.416 e. The number of ether oxygens (including phenoxy) is 2. The molecule has 2 heterocycles. The summed E-state index contributed by atoms with van der Waals surface area (Å²) in [4.78, 5) is 28.8. The summed E-state index contributed by atoms with van der Waals surface area (Å²) in [5, 5.41) is 10.1. The number of benzene rings is 3. The second-order valence-electron chi connectivity index (χ2n) is 9.06. The van der Waals surface area contributed by atoms with Crippen LogP contribution < -0.4 is 20.5 Å². The summed E-state index contributed by atoms with van der Waals surface area (Å²) < 4.78 is 70.2. The minimum Gasteiger partial charge on any atom is -0.493 e. The average Bonchev–Trinajstić information content (AvgIpc) is 3.55. The number of hydrogen-bond acceptors (Lipinski definition) is 6. The number of aryl methyl sites for hydroxylation is 1. The Balaban J connectivity index is 1.62.